The Labute approximate surface area is 98.0 Å². The second-order valence-corrected chi connectivity index (χ2v) is 2.94. The molecule has 0 atom stereocenters. The molecule has 0 saturated heterocycles. The Kier molecular flexibility index (Phi) is 7.01. The molecule has 0 N–H and O–H groups in total. The molecule has 1 aromatic rings. The minimum atomic E-state index is 0.0250. The zero-order valence-electron chi connectivity index (χ0n) is 10.8. The molecule has 90 valence electrons. The number of nitrogens with zero attached hydrogens (tertiary/aromatic N) is 1. The van der Waals surface area contributed by atoms with Gasteiger partial charge in [-0.15, -0.1) is 0 Å². The minimum Gasteiger partial charge on any atom is -0.495 e. The summed E-state index contributed by atoms with van der Waals surface area (Å²) in [7, 11) is 1.60. The molecule has 0 radical (unpaired) electrons. The average molecular weight is 223 g/mol. The maximum Gasteiger partial charge on any atom is 0.223 e. The number of hydrogen-bond donors (Lipinski definition) is 0. The molecular weight excluding hydrogens is 202 g/mol. The van der Waals surface area contributed by atoms with Crippen molar-refractivity contribution in [3.05, 3.63) is 24.3 Å². The molecule has 0 fully saturated rings. The van der Waals surface area contributed by atoms with Crippen LogP contribution in [0.4, 0.5) is 5.69 Å². The zero-order chi connectivity index (χ0) is 12.6. The topological polar surface area (TPSA) is 29.5 Å². The summed E-state index contributed by atoms with van der Waals surface area (Å²) < 4.78 is 5.18. The fraction of sp³-hybridized carbons (Fsp3) is 0.462. The first-order valence-corrected chi connectivity index (χ1v) is 5.61. The Balaban J connectivity index is 0.00000106. The average Bonchev–Trinajstić information content (AvgIpc) is 2.33. The van der Waals surface area contributed by atoms with Gasteiger partial charge in [0, 0.05) is 13.5 Å². The number of para-hydroxylation sites is 2. The Hall–Kier alpha value is -1.51. The monoisotopic (exact) mass is 223 g/mol. The van der Waals surface area contributed by atoms with Crippen LogP contribution in [0.25, 0.3) is 0 Å². The van der Waals surface area contributed by atoms with E-state index in [1.165, 1.54) is 0 Å². The van der Waals surface area contributed by atoms with Crippen LogP contribution in [0, 0.1) is 0 Å². The van der Waals surface area contributed by atoms with E-state index < -0.39 is 0 Å². The van der Waals surface area contributed by atoms with Crippen LogP contribution in [-0.4, -0.2) is 19.6 Å². The van der Waals surface area contributed by atoms with Crippen LogP contribution in [0.15, 0.2) is 24.3 Å². The smallest absolute Gasteiger partial charge is 0.223 e. The molecule has 1 amide bonds. The largest absolute Gasteiger partial charge is 0.495 e. The lowest BCUT2D eigenvalue weighted by Gasteiger charge is -2.21. The molecule has 0 heterocycles. The standard InChI is InChI=1S/C11H15NO2.C2H6/c1-4-12(9(2)13)10-7-5-6-8-11(10)14-3;1-2/h5-8H,4H2,1-3H3;1-2H3. The highest BCUT2D eigenvalue weighted by Crippen LogP contribution is 2.27. The third kappa shape index (κ3) is 3.57. The van der Waals surface area contributed by atoms with Crippen molar-refractivity contribution < 1.29 is 9.53 Å². The number of anilines is 1. The summed E-state index contributed by atoms with van der Waals surface area (Å²) in [6.07, 6.45) is 0. The zero-order valence-corrected chi connectivity index (χ0v) is 10.8. The molecule has 16 heavy (non-hydrogen) atoms. The van der Waals surface area contributed by atoms with Crippen molar-refractivity contribution in [2.75, 3.05) is 18.6 Å². The highest BCUT2D eigenvalue weighted by Gasteiger charge is 2.12. The van der Waals surface area contributed by atoms with Gasteiger partial charge in [-0.3, -0.25) is 4.79 Å². The van der Waals surface area contributed by atoms with Crippen molar-refractivity contribution in [1.82, 2.24) is 0 Å². The van der Waals surface area contributed by atoms with E-state index in [4.69, 9.17) is 4.74 Å². The van der Waals surface area contributed by atoms with E-state index in [1.807, 2.05) is 45.0 Å². The quantitative estimate of drug-likeness (QED) is 0.788. The predicted molar refractivity (Wildman–Crippen MR) is 68.0 cm³/mol. The first-order chi connectivity index (χ1) is 7.70. The van der Waals surface area contributed by atoms with Crippen molar-refractivity contribution in [3.63, 3.8) is 0 Å². The van der Waals surface area contributed by atoms with E-state index in [-0.39, 0.29) is 5.91 Å². The van der Waals surface area contributed by atoms with Crippen LogP contribution in [0.1, 0.15) is 27.7 Å². The van der Waals surface area contributed by atoms with Crippen LogP contribution >= 0.6 is 0 Å². The third-order valence-corrected chi connectivity index (χ3v) is 2.07. The van der Waals surface area contributed by atoms with Gasteiger partial charge in [0.05, 0.1) is 12.8 Å². The summed E-state index contributed by atoms with van der Waals surface area (Å²) in [6, 6.07) is 7.50. The number of carbonyl (C=O) groups is 1. The summed E-state index contributed by atoms with van der Waals surface area (Å²) in [5, 5.41) is 0. The van der Waals surface area contributed by atoms with Gasteiger partial charge in [0.25, 0.3) is 0 Å². The molecule has 0 unspecified atom stereocenters. The molecule has 0 aromatic heterocycles. The number of amides is 1. The Bertz CT molecular complexity index is 323. The van der Waals surface area contributed by atoms with Gasteiger partial charge in [0.1, 0.15) is 5.75 Å². The van der Waals surface area contributed by atoms with E-state index in [0.717, 1.165) is 11.4 Å². The summed E-state index contributed by atoms with van der Waals surface area (Å²) >= 11 is 0. The van der Waals surface area contributed by atoms with Gasteiger partial charge in [0.15, 0.2) is 0 Å². The van der Waals surface area contributed by atoms with E-state index in [0.29, 0.717) is 6.54 Å². The molecule has 1 aromatic carbocycles. The first kappa shape index (κ1) is 14.5. The van der Waals surface area contributed by atoms with Crippen molar-refractivity contribution in [2.45, 2.75) is 27.7 Å². The van der Waals surface area contributed by atoms with Crippen LogP contribution in [-0.2, 0) is 4.79 Å². The Morgan fingerprint density at radius 3 is 2.31 bits per heavy atom. The van der Waals surface area contributed by atoms with E-state index in [2.05, 4.69) is 0 Å². The number of hydrogen-bond acceptors (Lipinski definition) is 2. The van der Waals surface area contributed by atoms with Crippen LogP contribution in [0.2, 0.25) is 0 Å². The van der Waals surface area contributed by atoms with Gasteiger partial charge in [-0.25, -0.2) is 0 Å². The number of ether oxygens (including phenoxy) is 1. The second kappa shape index (κ2) is 7.74. The summed E-state index contributed by atoms with van der Waals surface area (Å²) in [5.41, 5.74) is 0.824. The normalized spacial score (nSPS) is 8.81. The van der Waals surface area contributed by atoms with Gasteiger partial charge in [-0.05, 0) is 19.1 Å². The lowest BCUT2D eigenvalue weighted by atomic mass is 10.2. The molecule has 0 spiro atoms. The maximum absolute atomic E-state index is 11.3. The Morgan fingerprint density at radius 2 is 1.88 bits per heavy atom. The SMILES string of the molecule is CC.CCN(C(C)=O)c1ccccc1OC. The molecular formula is C13H21NO2. The lowest BCUT2D eigenvalue weighted by molar-refractivity contribution is -0.116. The number of benzene rings is 1. The van der Waals surface area contributed by atoms with Gasteiger partial charge in [-0.2, -0.15) is 0 Å². The van der Waals surface area contributed by atoms with E-state index >= 15 is 0 Å². The molecule has 3 nitrogen and oxygen atoms in total. The maximum atomic E-state index is 11.3. The number of rotatable bonds is 3. The highest BCUT2D eigenvalue weighted by molar-refractivity contribution is 5.93. The molecule has 0 aliphatic heterocycles. The molecule has 0 aliphatic carbocycles. The molecule has 0 aliphatic rings. The lowest BCUT2D eigenvalue weighted by Crippen LogP contribution is -2.28. The number of carbonyl (C=O) groups excluding carboxylic acids is 1. The molecule has 1 rings (SSSR count). The van der Waals surface area contributed by atoms with Crippen molar-refractivity contribution >= 4 is 11.6 Å². The minimum absolute atomic E-state index is 0.0250. The van der Waals surface area contributed by atoms with Crippen molar-refractivity contribution in [1.29, 1.82) is 0 Å². The first-order valence-electron chi connectivity index (χ1n) is 5.61. The fourth-order valence-corrected chi connectivity index (χ4v) is 1.42. The predicted octanol–water partition coefficient (Wildman–Crippen LogP) is 3.09. The van der Waals surface area contributed by atoms with Crippen molar-refractivity contribution in [2.24, 2.45) is 0 Å². The number of methoxy groups -OCH3 is 1. The fourth-order valence-electron chi connectivity index (χ4n) is 1.42. The molecule has 0 bridgehead atoms. The third-order valence-electron chi connectivity index (χ3n) is 2.07. The van der Waals surface area contributed by atoms with Gasteiger partial charge < -0.3 is 9.64 Å². The Morgan fingerprint density at radius 1 is 1.31 bits per heavy atom. The second-order valence-electron chi connectivity index (χ2n) is 2.94. The molecule has 0 saturated carbocycles. The van der Waals surface area contributed by atoms with Crippen LogP contribution < -0.4 is 9.64 Å². The summed E-state index contributed by atoms with van der Waals surface area (Å²) in [5.74, 6) is 0.751. The van der Waals surface area contributed by atoms with E-state index in [9.17, 15) is 4.79 Å². The molecule has 3 heteroatoms. The van der Waals surface area contributed by atoms with Crippen LogP contribution in [0.3, 0.4) is 0 Å². The van der Waals surface area contributed by atoms with Gasteiger partial charge >= 0.3 is 0 Å². The highest BCUT2D eigenvalue weighted by atomic mass is 16.5. The van der Waals surface area contributed by atoms with Gasteiger partial charge in [0.2, 0.25) is 5.91 Å². The van der Waals surface area contributed by atoms with Crippen LogP contribution in [0.5, 0.6) is 5.75 Å². The van der Waals surface area contributed by atoms with Crippen molar-refractivity contribution in [3.8, 4) is 5.75 Å². The van der Waals surface area contributed by atoms with E-state index in [1.54, 1.807) is 18.9 Å². The summed E-state index contributed by atoms with van der Waals surface area (Å²) in [6.45, 7) is 8.14. The van der Waals surface area contributed by atoms with Gasteiger partial charge in [-0.1, -0.05) is 26.0 Å². The summed E-state index contributed by atoms with van der Waals surface area (Å²) in [4.78, 5) is 13.0.